The number of carbonyl (C=O) groups excluding carboxylic acids is 2. The molecule has 0 saturated carbocycles. The van der Waals surface area contributed by atoms with Crippen LogP contribution in [0, 0.1) is 5.92 Å². The summed E-state index contributed by atoms with van der Waals surface area (Å²) in [4.78, 5) is 20.9. The largest absolute Gasteiger partial charge is 0.287 e. The zero-order valence-electron chi connectivity index (χ0n) is 4.59. The number of carbonyl (C=O) groups is 2. The number of halogens is 1. The van der Waals surface area contributed by atoms with Crippen LogP contribution >= 0.6 is 23.4 Å². The third-order valence-electron chi connectivity index (χ3n) is 1.18. The molecule has 1 unspecified atom stereocenters. The van der Waals surface area contributed by atoms with Gasteiger partial charge >= 0.3 is 0 Å². The molecule has 0 N–H and O–H groups in total. The predicted molar refractivity (Wildman–Crippen MR) is 36.4 cm³/mol. The number of hydrogen-bond acceptors (Lipinski definition) is 3. The summed E-state index contributed by atoms with van der Waals surface area (Å²) >= 11 is 6.33. The lowest BCUT2D eigenvalue weighted by atomic mass is 10.1. The molecule has 2 nitrogen and oxygen atoms in total. The van der Waals surface area contributed by atoms with Gasteiger partial charge in [0.25, 0.3) is 0 Å². The topological polar surface area (TPSA) is 34.1 Å². The van der Waals surface area contributed by atoms with Gasteiger partial charge in [0.2, 0.25) is 5.24 Å². The van der Waals surface area contributed by atoms with Crippen molar-refractivity contribution in [3.63, 3.8) is 0 Å². The maximum absolute atomic E-state index is 10.5. The van der Waals surface area contributed by atoms with E-state index in [4.69, 9.17) is 11.6 Å². The Labute approximate surface area is 61.9 Å². The molecule has 1 rings (SSSR count). The summed E-state index contributed by atoms with van der Waals surface area (Å²) in [6, 6.07) is 0. The lowest BCUT2D eigenvalue weighted by molar-refractivity contribution is -0.118. The number of thioether (sulfide) groups is 1. The van der Waals surface area contributed by atoms with E-state index in [1.54, 1.807) is 0 Å². The molecular formula is C5H5ClO2S. The Morgan fingerprint density at radius 3 is 2.67 bits per heavy atom. The minimum Gasteiger partial charge on any atom is -0.287 e. The first kappa shape index (κ1) is 7.09. The van der Waals surface area contributed by atoms with Gasteiger partial charge < -0.3 is 0 Å². The van der Waals surface area contributed by atoms with Gasteiger partial charge in [0.15, 0.2) is 5.12 Å². The van der Waals surface area contributed by atoms with Crippen LogP contribution in [-0.4, -0.2) is 16.1 Å². The van der Waals surface area contributed by atoms with Crippen LogP contribution in [0.5, 0.6) is 0 Å². The van der Waals surface area contributed by atoms with Gasteiger partial charge in [0, 0.05) is 12.2 Å². The van der Waals surface area contributed by atoms with Gasteiger partial charge in [-0.05, 0) is 11.6 Å². The highest BCUT2D eigenvalue weighted by molar-refractivity contribution is 8.14. The molecule has 1 aliphatic heterocycles. The molecule has 0 bridgehead atoms. The van der Waals surface area contributed by atoms with E-state index in [2.05, 4.69) is 0 Å². The average molecular weight is 165 g/mol. The highest BCUT2D eigenvalue weighted by atomic mass is 35.5. The highest BCUT2D eigenvalue weighted by Crippen LogP contribution is 2.26. The Balaban J connectivity index is 2.48. The lowest BCUT2D eigenvalue weighted by Gasteiger charge is -1.94. The van der Waals surface area contributed by atoms with Crippen molar-refractivity contribution < 1.29 is 9.59 Å². The van der Waals surface area contributed by atoms with Gasteiger partial charge in [-0.2, -0.15) is 0 Å². The summed E-state index contributed by atoms with van der Waals surface area (Å²) in [6.07, 6.45) is 0.326. The Bertz CT molecular complexity index is 157. The van der Waals surface area contributed by atoms with Gasteiger partial charge in [-0.15, -0.1) is 0 Å². The smallest absolute Gasteiger partial charge is 0.226 e. The third kappa shape index (κ3) is 1.69. The zero-order valence-corrected chi connectivity index (χ0v) is 6.17. The molecule has 50 valence electrons. The molecule has 0 spiro atoms. The molecule has 1 saturated heterocycles. The lowest BCUT2D eigenvalue weighted by Crippen LogP contribution is -2.06. The molecule has 0 aliphatic carbocycles. The maximum Gasteiger partial charge on any atom is 0.226 e. The van der Waals surface area contributed by atoms with Gasteiger partial charge in [-0.3, -0.25) is 9.59 Å². The van der Waals surface area contributed by atoms with Gasteiger partial charge in [0.1, 0.15) is 0 Å². The first-order valence-electron chi connectivity index (χ1n) is 2.55. The standard InChI is InChI=1S/C5H5ClO2S/c6-5(8)3-1-4(7)9-2-3/h3H,1-2H2. The SMILES string of the molecule is O=C1CC(C(=O)Cl)CS1. The summed E-state index contributed by atoms with van der Waals surface area (Å²) in [7, 11) is 0. The van der Waals surface area contributed by atoms with Gasteiger partial charge in [-0.1, -0.05) is 11.8 Å². The fourth-order valence-corrected chi connectivity index (χ4v) is 1.88. The molecule has 0 radical (unpaired) electrons. The fourth-order valence-electron chi connectivity index (χ4n) is 0.658. The van der Waals surface area contributed by atoms with Crippen LogP contribution < -0.4 is 0 Å². The van der Waals surface area contributed by atoms with Crippen LogP contribution in [0.15, 0.2) is 0 Å². The molecule has 0 aromatic rings. The first-order chi connectivity index (χ1) is 4.20. The number of hydrogen-bond donors (Lipinski definition) is 0. The van der Waals surface area contributed by atoms with Crippen LogP contribution in [0.2, 0.25) is 0 Å². The first-order valence-corrected chi connectivity index (χ1v) is 3.91. The van der Waals surface area contributed by atoms with Crippen molar-refractivity contribution in [3.05, 3.63) is 0 Å². The van der Waals surface area contributed by atoms with Gasteiger partial charge in [0.05, 0.1) is 5.92 Å². The Hall–Kier alpha value is -0.0200. The average Bonchev–Trinajstić information content (AvgIpc) is 2.14. The van der Waals surface area contributed by atoms with E-state index < -0.39 is 0 Å². The van der Waals surface area contributed by atoms with Gasteiger partial charge in [-0.25, -0.2) is 0 Å². The molecule has 1 atom stereocenters. The second-order valence-electron chi connectivity index (χ2n) is 1.89. The highest BCUT2D eigenvalue weighted by Gasteiger charge is 2.27. The Morgan fingerprint density at radius 1 is 1.78 bits per heavy atom. The summed E-state index contributed by atoms with van der Waals surface area (Å²) in [5.74, 6) is 0.352. The van der Waals surface area contributed by atoms with E-state index in [9.17, 15) is 9.59 Å². The van der Waals surface area contributed by atoms with Crippen LogP contribution in [0.3, 0.4) is 0 Å². The molecule has 0 aromatic heterocycles. The third-order valence-corrected chi connectivity index (χ3v) is 2.55. The van der Waals surface area contributed by atoms with E-state index in [-0.39, 0.29) is 16.3 Å². The molecule has 9 heavy (non-hydrogen) atoms. The minimum absolute atomic E-state index is 0.0778. The Kier molecular flexibility index (Phi) is 2.13. The fraction of sp³-hybridized carbons (Fsp3) is 0.600. The summed E-state index contributed by atoms with van der Waals surface area (Å²) < 4.78 is 0. The minimum atomic E-state index is -0.381. The molecule has 0 aromatic carbocycles. The Morgan fingerprint density at radius 2 is 2.44 bits per heavy atom. The van der Waals surface area contributed by atoms with Crippen LogP contribution in [0.1, 0.15) is 6.42 Å². The van der Waals surface area contributed by atoms with Crippen molar-refractivity contribution >= 4 is 33.7 Å². The molecule has 0 amide bonds. The van der Waals surface area contributed by atoms with E-state index in [0.717, 1.165) is 0 Å². The second-order valence-corrected chi connectivity index (χ2v) is 3.34. The second kappa shape index (κ2) is 2.71. The monoisotopic (exact) mass is 164 g/mol. The summed E-state index contributed by atoms with van der Waals surface area (Å²) in [5.41, 5.74) is 0. The van der Waals surface area contributed by atoms with E-state index >= 15 is 0 Å². The normalized spacial score (nSPS) is 26.8. The van der Waals surface area contributed by atoms with Crippen molar-refractivity contribution in [3.8, 4) is 0 Å². The molecule has 1 heterocycles. The maximum atomic E-state index is 10.5. The molecule has 1 aliphatic rings. The van der Waals surface area contributed by atoms with Crippen molar-refractivity contribution in [2.24, 2.45) is 5.92 Å². The van der Waals surface area contributed by atoms with Crippen molar-refractivity contribution in [2.75, 3.05) is 5.75 Å². The molecular weight excluding hydrogens is 160 g/mol. The van der Waals surface area contributed by atoms with E-state index in [0.29, 0.717) is 12.2 Å². The van der Waals surface area contributed by atoms with E-state index in [1.165, 1.54) is 11.8 Å². The van der Waals surface area contributed by atoms with E-state index in [1.807, 2.05) is 0 Å². The van der Waals surface area contributed by atoms with Crippen LogP contribution in [0.25, 0.3) is 0 Å². The van der Waals surface area contributed by atoms with Crippen LogP contribution in [-0.2, 0) is 9.59 Å². The predicted octanol–water partition coefficient (Wildman–Crippen LogP) is 1.03. The summed E-state index contributed by atoms with van der Waals surface area (Å²) in [6.45, 7) is 0. The zero-order chi connectivity index (χ0) is 6.85. The quantitative estimate of drug-likeness (QED) is 0.543. The van der Waals surface area contributed by atoms with Crippen molar-refractivity contribution in [2.45, 2.75) is 6.42 Å². The van der Waals surface area contributed by atoms with Crippen molar-refractivity contribution in [1.82, 2.24) is 0 Å². The molecule has 1 fully saturated rings. The van der Waals surface area contributed by atoms with Crippen LogP contribution in [0.4, 0.5) is 0 Å². The molecule has 4 heteroatoms. The number of rotatable bonds is 1. The summed E-state index contributed by atoms with van der Waals surface area (Å²) in [5, 5.41) is -0.303. The van der Waals surface area contributed by atoms with Crippen molar-refractivity contribution in [1.29, 1.82) is 0 Å².